The van der Waals surface area contributed by atoms with Gasteiger partial charge in [0.15, 0.2) is 5.69 Å². The van der Waals surface area contributed by atoms with E-state index in [1.54, 1.807) is 10.9 Å². The van der Waals surface area contributed by atoms with Crippen LogP contribution in [0.2, 0.25) is 0 Å². The first-order valence-corrected chi connectivity index (χ1v) is 6.44. The van der Waals surface area contributed by atoms with E-state index in [1.165, 1.54) is 16.5 Å². The van der Waals surface area contributed by atoms with Crippen molar-refractivity contribution in [3.63, 3.8) is 0 Å². The molecule has 1 radical (unpaired) electrons. The molecule has 101 valence electrons. The van der Waals surface area contributed by atoms with Crippen LogP contribution in [-0.4, -0.2) is 20.3 Å². The van der Waals surface area contributed by atoms with Gasteiger partial charge in [-0.3, -0.25) is 9.48 Å². The van der Waals surface area contributed by atoms with Gasteiger partial charge in [-0.25, -0.2) is 0 Å². The molecule has 3 rings (SSSR count). The van der Waals surface area contributed by atoms with E-state index in [9.17, 15) is 4.79 Å². The van der Waals surface area contributed by atoms with Gasteiger partial charge in [-0.15, -0.1) is 0 Å². The summed E-state index contributed by atoms with van der Waals surface area (Å²) in [5.41, 5.74) is 7.82. The molecule has 0 saturated carbocycles. The van der Waals surface area contributed by atoms with Crippen molar-refractivity contribution in [2.45, 2.75) is 20.0 Å². The Morgan fingerprint density at radius 3 is 2.95 bits per heavy atom. The maximum absolute atomic E-state index is 11.0. The average Bonchev–Trinajstić information content (AvgIpc) is 3.03. The first-order chi connectivity index (χ1) is 9.65. The molecule has 5 heteroatoms. The SMILES string of the molecule is Cc1cccc2ccn(CCn3c[c]c(C(N)=O)n3)c12. The van der Waals surface area contributed by atoms with Gasteiger partial charge >= 0.3 is 0 Å². The largest absolute Gasteiger partial charge is 0.364 e. The standard InChI is InChI=1S/C15H15N4O/c1-11-3-2-4-12-5-7-18(14(11)12)9-10-19-8-6-13(17-19)15(16)20/h2-5,7-8H,9-10H2,1H3,(H2,16,20). The summed E-state index contributed by atoms with van der Waals surface area (Å²) in [7, 11) is 0. The maximum atomic E-state index is 11.0. The van der Waals surface area contributed by atoms with E-state index in [0.29, 0.717) is 6.54 Å². The molecule has 2 heterocycles. The lowest BCUT2D eigenvalue weighted by molar-refractivity contribution is 0.0994. The van der Waals surface area contributed by atoms with Crippen LogP contribution in [0.3, 0.4) is 0 Å². The molecule has 3 aromatic rings. The number of fused-ring (bicyclic) bond motifs is 1. The fourth-order valence-corrected chi connectivity index (χ4v) is 2.41. The number of aromatic nitrogens is 3. The number of amides is 1. The lowest BCUT2D eigenvalue weighted by Gasteiger charge is -2.07. The van der Waals surface area contributed by atoms with Crippen LogP contribution in [0, 0.1) is 13.0 Å². The minimum absolute atomic E-state index is 0.179. The smallest absolute Gasteiger partial charge is 0.269 e. The van der Waals surface area contributed by atoms with E-state index in [2.05, 4.69) is 53.1 Å². The molecular weight excluding hydrogens is 252 g/mol. The number of hydrogen-bond donors (Lipinski definition) is 1. The summed E-state index contributed by atoms with van der Waals surface area (Å²) in [6.45, 7) is 3.55. The Morgan fingerprint density at radius 1 is 1.35 bits per heavy atom. The number of para-hydroxylation sites is 1. The van der Waals surface area contributed by atoms with Gasteiger partial charge in [-0.05, 0) is 23.9 Å². The summed E-state index contributed by atoms with van der Waals surface area (Å²) in [4.78, 5) is 11.0. The topological polar surface area (TPSA) is 65.8 Å². The molecule has 0 bridgehead atoms. The third-order valence-electron chi connectivity index (χ3n) is 3.37. The Balaban J connectivity index is 1.81. The van der Waals surface area contributed by atoms with Gasteiger partial charge < -0.3 is 10.3 Å². The first kappa shape index (κ1) is 12.5. The molecule has 1 aromatic carbocycles. The predicted octanol–water partition coefficient (Wildman–Crippen LogP) is 1.75. The number of benzene rings is 1. The molecule has 0 atom stereocenters. The number of aryl methyl sites for hydroxylation is 3. The monoisotopic (exact) mass is 267 g/mol. The van der Waals surface area contributed by atoms with E-state index in [1.807, 2.05) is 0 Å². The van der Waals surface area contributed by atoms with Crippen molar-refractivity contribution in [1.29, 1.82) is 0 Å². The van der Waals surface area contributed by atoms with E-state index in [0.717, 1.165) is 6.54 Å². The van der Waals surface area contributed by atoms with Crippen molar-refractivity contribution in [3.8, 4) is 0 Å². The van der Waals surface area contributed by atoms with Crippen LogP contribution in [0.5, 0.6) is 0 Å². The molecule has 5 nitrogen and oxygen atoms in total. The predicted molar refractivity (Wildman–Crippen MR) is 76.3 cm³/mol. The summed E-state index contributed by atoms with van der Waals surface area (Å²) in [6, 6.07) is 11.1. The molecule has 20 heavy (non-hydrogen) atoms. The van der Waals surface area contributed by atoms with Crippen LogP contribution in [-0.2, 0) is 13.1 Å². The maximum Gasteiger partial charge on any atom is 0.269 e. The molecular formula is C15H15N4O. The van der Waals surface area contributed by atoms with Gasteiger partial charge in [-0.2, -0.15) is 5.10 Å². The number of nitrogens with two attached hydrogens (primary N) is 1. The van der Waals surface area contributed by atoms with Crippen molar-refractivity contribution in [2.24, 2.45) is 5.73 Å². The highest BCUT2D eigenvalue weighted by Gasteiger charge is 2.06. The number of primary amides is 1. The molecule has 0 saturated heterocycles. The van der Waals surface area contributed by atoms with Gasteiger partial charge in [-0.1, -0.05) is 18.2 Å². The van der Waals surface area contributed by atoms with Crippen molar-refractivity contribution >= 4 is 16.8 Å². The normalized spacial score (nSPS) is 11.1. The first-order valence-electron chi connectivity index (χ1n) is 6.44. The highest BCUT2D eigenvalue weighted by atomic mass is 16.1. The number of nitrogens with zero attached hydrogens (tertiary/aromatic N) is 3. The lowest BCUT2D eigenvalue weighted by Crippen LogP contribution is -2.13. The third kappa shape index (κ3) is 2.18. The summed E-state index contributed by atoms with van der Waals surface area (Å²) < 4.78 is 3.88. The zero-order valence-corrected chi connectivity index (χ0v) is 11.2. The second-order valence-electron chi connectivity index (χ2n) is 4.77. The summed E-state index contributed by atoms with van der Waals surface area (Å²) >= 11 is 0. The van der Waals surface area contributed by atoms with Crippen molar-refractivity contribution in [2.75, 3.05) is 0 Å². The molecule has 0 aliphatic rings. The van der Waals surface area contributed by atoms with Gasteiger partial charge in [0.1, 0.15) is 0 Å². The fourth-order valence-electron chi connectivity index (χ4n) is 2.41. The number of hydrogen-bond acceptors (Lipinski definition) is 2. The molecule has 2 aromatic heterocycles. The second-order valence-corrected chi connectivity index (χ2v) is 4.77. The zero-order chi connectivity index (χ0) is 14.1. The Labute approximate surface area is 116 Å². The Kier molecular flexibility index (Phi) is 3.02. The van der Waals surface area contributed by atoms with Crippen LogP contribution < -0.4 is 5.73 Å². The number of carbonyl (C=O) groups excluding carboxylic acids is 1. The van der Waals surface area contributed by atoms with E-state index < -0.39 is 5.91 Å². The number of rotatable bonds is 4. The van der Waals surface area contributed by atoms with Gasteiger partial charge in [0.25, 0.3) is 5.91 Å². The quantitative estimate of drug-likeness (QED) is 0.782. The molecule has 0 fully saturated rings. The van der Waals surface area contributed by atoms with Crippen LogP contribution in [0.15, 0.2) is 36.7 Å². The summed E-state index contributed by atoms with van der Waals surface area (Å²) in [5.74, 6) is -0.550. The van der Waals surface area contributed by atoms with E-state index in [4.69, 9.17) is 5.73 Å². The Bertz CT molecular complexity index is 769. The van der Waals surface area contributed by atoms with Crippen LogP contribution >= 0.6 is 0 Å². The van der Waals surface area contributed by atoms with E-state index >= 15 is 0 Å². The highest BCUT2D eigenvalue weighted by Crippen LogP contribution is 2.19. The van der Waals surface area contributed by atoms with Crippen molar-refractivity contribution in [3.05, 3.63) is 54.0 Å². The molecule has 2 N–H and O–H groups in total. The molecule has 0 unspecified atom stereocenters. The van der Waals surface area contributed by atoms with Crippen LogP contribution in [0.1, 0.15) is 16.1 Å². The lowest BCUT2D eigenvalue weighted by atomic mass is 10.2. The molecule has 1 amide bonds. The Morgan fingerprint density at radius 2 is 2.20 bits per heavy atom. The highest BCUT2D eigenvalue weighted by molar-refractivity contribution is 5.90. The molecule has 0 aliphatic heterocycles. The van der Waals surface area contributed by atoms with Crippen molar-refractivity contribution in [1.82, 2.24) is 14.3 Å². The zero-order valence-electron chi connectivity index (χ0n) is 11.2. The third-order valence-corrected chi connectivity index (χ3v) is 3.37. The minimum atomic E-state index is -0.550. The van der Waals surface area contributed by atoms with Gasteiger partial charge in [0, 0.05) is 25.0 Å². The summed E-state index contributed by atoms with van der Waals surface area (Å²) in [5, 5.41) is 5.32. The van der Waals surface area contributed by atoms with Gasteiger partial charge in [0.05, 0.1) is 12.1 Å². The van der Waals surface area contributed by atoms with E-state index in [-0.39, 0.29) is 5.69 Å². The molecule has 0 spiro atoms. The summed E-state index contributed by atoms with van der Waals surface area (Å²) in [6.07, 6.45) is 3.72. The van der Waals surface area contributed by atoms with Crippen LogP contribution in [0.25, 0.3) is 10.9 Å². The number of carbonyl (C=O) groups is 1. The fraction of sp³-hybridized carbons (Fsp3) is 0.200. The minimum Gasteiger partial charge on any atom is -0.364 e. The second kappa shape index (κ2) is 4.85. The Hall–Kier alpha value is -2.56. The van der Waals surface area contributed by atoms with Gasteiger partial charge in [0.2, 0.25) is 0 Å². The average molecular weight is 267 g/mol. The molecule has 0 aliphatic carbocycles. The van der Waals surface area contributed by atoms with Crippen LogP contribution in [0.4, 0.5) is 0 Å². The van der Waals surface area contributed by atoms with Crippen molar-refractivity contribution < 1.29 is 4.79 Å².